The summed E-state index contributed by atoms with van der Waals surface area (Å²) in [5, 5.41) is 0.467. The number of rotatable bonds is 5. The molecule has 1 unspecified atom stereocenters. The van der Waals surface area contributed by atoms with E-state index in [0.29, 0.717) is 23.1 Å². The number of carbonyl (C=O) groups excluding carboxylic acids is 4. The summed E-state index contributed by atoms with van der Waals surface area (Å²) in [5.74, 6) is -2.71. The Labute approximate surface area is 166 Å². The molecule has 2 heterocycles. The maximum absolute atomic E-state index is 12.6. The van der Waals surface area contributed by atoms with Crippen molar-refractivity contribution >= 4 is 29.4 Å². The van der Waals surface area contributed by atoms with Crippen LogP contribution in [0.25, 0.3) is 0 Å². The van der Waals surface area contributed by atoms with Crippen LogP contribution < -0.4 is 9.64 Å². The predicted octanol–water partition coefficient (Wildman–Crippen LogP) is 2.19. The molecular formula is C21H18N2O6. The molecule has 8 heteroatoms. The van der Waals surface area contributed by atoms with Gasteiger partial charge in [0, 0.05) is 13.0 Å². The van der Waals surface area contributed by atoms with Crippen LogP contribution >= 0.6 is 0 Å². The van der Waals surface area contributed by atoms with Crippen molar-refractivity contribution in [2.24, 2.45) is 5.92 Å². The normalized spacial score (nSPS) is 18.2. The number of hydrogen-bond acceptors (Lipinski definition) is 6. The second-order valence-corrected chi connectivity index (χ2v) is 6.67. The number of benzene rings is 2. The fraction of sp³-hybridized carbons (Fsp3) is 0.238. The number of nitrogens with zero attached hydrogens (tertiary/aromatic N) is 2. The van der Waals surface area contributed by atoms with Gasteiger partial charge in [-0.15, -0.1) is 0 Å². The first-order chi connectivity index (χ1) is 14.0. The van der Waals surface area contributed by atoms with Crippen LogP contribution in [0.3, 0.4) is 0 Å². The maximum Gasteiger partial charge on any atom is 0.338 e. The summed E-state index contributed by atoms with van der Waals surface area (Å²) < 4.78 is 5.56. The third-order valence-corrected chi connectivity index (χ3v) is 4.85. The van der Waals surface area contributed by atoms with Crippen LogP contribution in [0.15, 0.2) is 48.5 Å². The van der Waals surface area contributed by atoms with E-state index in [4.69, 9.17) is 9.57 Å². The van der Waals surface area contributed by atoms with Gasteiger partial charge < -0.3 is 14.5 Å². The summed E-state index contributed by atoms with van der Waals surface area (Å²) in [6.07, 6.45) is -0.0809. The van der Waals surface area contributed by atoms with Crippen molar-refractivity contribution in [2.45, 2.75) is 13.3 Å². The standard InChI is InChI=1S/C21H18N2O6/c1-2-28-17-10-6-5-9-16(17)22-12-13(11-18(22)24)21(27)29-23-19(25)14-7-3-4-8-15(14)20(23)26/h3-10,13H,2,11-12H2,1H3. The van der Waals surface area contributed by atoms with Gasteiger partial charge in [0.2, 0.25) is 5.91 Å². The molecule has 29 heavy (non-hydrogen) atoms. The second-order valence-electron chi connectivity index (χ2n) is 6.67. The van der Waals surface area contributed by atoms with E-state index in [2.05, 4.69) is 0 Å². The van der Waals surface area contributed by atoms with Gasteiger partial charge in [0.05, 0.1) is 29.3 Å². The molecule has 148 valence electrons. The maximum atomic E-state index is 12.6. The van der Waals surface area contributed by atoms with E-state index in [0.717, 1.165) is 0 Å². The summed E-state index contributed by atoms with van der Waals surface area (Å²) in [6.45, 7) is 2.35. The molecule has 0 aliphatic carbocycles. The Kier molecular flexibility index (Phi) is 4.75. The fourth-order valence-corrected chi connectivity index (χ4v) is 3.47. The molecule has 2 aliphatic rings. The van der Waals surface area contributed by atoms with Crippen molar-refractivity contribution < 1.29 is 28.8 Å². The summed E-state index contributed by atoms with van der Waals surface area (Å²) in [5.41, 5.74) is 0.926. The Bertz CT molecular complexity index is 983. The number of carbonyl (C=O) groups is 4. The lowest BCUT2D eigenvalue weighted by molar-refractivity contribution is -0.173. The Hall–Kier alpha value is -3.68. The van der Waals surface area contributed by atoms with E-state index in [-0.39, 0.29) is 30.0 Å². The van der Waals surface area contributed by atoms with E-state index in [9.17, 15) is 19.2 Å². The number of para-hydroxylation sites is 2. The van der Waals surface area contributed by atoms with Crippen LogP contribution in [0.5, 0.6) is 5.75 Å². The number of hydrogen-bond donors (Lipinski definition) is 0. The van der Waals surface area contributed by atoms with Gasteiger partial charge in [-0.25, -0.2) is 4.79 Å². The molecule has 0 bridgehead atoms. The Morgan fingerprint density at radius 3 is 2.28 bits per heavy atom. The highest BCUT2D eigenvalue weighted by molar-refractivity contribution is 6.21. The largest absolute Gasteiger partial charge is 0.492 e. The third-order valence-electron chi connectivity index (χ3n) is 4.85. The van der Waals surface area contributed by atoms with Crippen molar-refractivity contribution in [1.29, 1.82) is 0 Å². The first kappa shape index (κ1) is 18.7. The minimum atomic E-state index is -0.804. The monoisotopic (exact) mass is 394 g/mol. The van der Waals surface area contributed by atoms with E-state index in [1.165, 1.54) is 17.0 Å². The molecule has 2 aromatic rings. The third kappa shape index (κ3) is 3.22. The minimum absolute atomic E-state index is 0.0743. The SMILES string of the molecule is CCOc1ccccc1N1CC(C(=O)ON2C(=O)c3ccccc3C2=O)CC1=O. The zero-order valence-electron chi connectivity index (χ0n) is 15.7. The van der Waals surface area contributed by atoms with E-state index in [1.54, 1.807) is 36.4 Å². The molecule has 1 fully saturated rings. The molecule has 2 aromatic carbocycles. The van der Waals surface area contributed by atoms with Gasteiger partial charge in [0.25, 0.3) is 11.8 Å². The van der Waals surface area contributed by atoms with Crippen molar-refractivity contribution in [2.75, 3.05) is 18.1 Å². The lowest BCUT2D eigenvalue weighted by atomic mass is 10.1. The summed E-state index contributed by atoms with van der Waals surface area (Å²) in [4.78, 5) is 56.4. The molecule has 0 N–H and O–H groups in total. The van der Waals surface area contributed by atoms with E-state index < -0.39 is 23.7 Å². The summed E-state index contributed by atoms with van der Waals surface area (Å²) in [6, 6.07) is 13.3. The van der Waals surface area contributed by atoms with Crippen LogP contribution in [0, 0.1) is 5.92 Å². The molecule has 0 radical (unpaired) electrons. The lowest BCUT2D eigenvalue weighted by Crippen LogP contribution is -2.36. The van der Waals surface area contributed by atoms with Crippen molar-refractivity contribution in [1.82, 2.24) is 5.06 Å². The summed E-state index contributed by atoms with van der Waals surface area (Å²) in [7, 11) is 0. The van der Waals surface area contributed by atoms with E-state index >= 15 is 0 Å². The molecule has 1 saturated heterocycles. The van der Waals surface area contributed by atoms with Crippen molar-refractivity contribution in [3.05, 3.63) is 59.7 Å². The number of amides is 3. The molecule has 0 aromatic heterocycles. The van der Waals surface area contributed by atoms with Crippen LogP contribution in [0.1, 0.15) is 34.1 Å². The molecule has 8 nitrogen and oxygen atoms in total. The van der Waals surface area contributed by atoms with Gasteiger partial charge in [-0.3, -0.25) is 14.4 Å². The fourth-order valence-electron chi connectivity index (χ4n) is 3.47. The predicted molar refractivity (Wildman–Crippen MR) is 101 cm³/mol. The van der Waals surface area contributed by atoms with Gasteiger partial charge in [0.15, 0.2) is 0 Å². The highest BCUT2D eigenvalue weighted by atomic mass is 16.7. The number of anilines is 1. The molecule has 0 spiro atoms. The molecule has 3 amide bonds. The zero-order valence-corrected chi connectivity index (χ0v) is 15.7. The van der Waals surface area contributed by atoms with Crippen LogP contribution in [0.4, 0.5) is 5.69 Å². The first-order valence-electron chi connectivity index (χ1n) is 9.23. The molecule has 0 saturated carbocycles. The zero-order chi connectivity index (χ0) is 20.5. The molecule has 2 aliphatic heterocycles. The number of imide groups is 1. The number of fused-ring (bicyclic) bond motifs is 1. The highest BCUT2D eigenvalue weighted by Crippen LogP contribution is 2.34. The lowest BCUT2D eigenvalue weighted by Gasteiger charge is -2.20. The Morgan fingerprint density at radius 2 is 1.62 bits per heavy atom. The molecule has 4 rings (SSSR count). The van der Waals surface area contributed by atoms with Crippen molar-refractivity contribution in [3.8, 4) is 5.75 Å². The van der Waals surface area contributed by atoms with Gasteiger partial charge in [-0.1, -0.05) is 29.3 Å². The van der Waals surface area contributed by atoms with Gasteiger partial charge in [0.1, 0.15) is 5.75 Å². The van der Waals surface area contributed by atoms with Crippen LogP contribution in [0.2, 0.25) is 0 Å². The van der Waals surface area contributed by atoms with Gasteiger partial charge >= 0.3 is 5.97 Å². The highest BCUT2D eigenvalue weighted by Gasteiger charge is 2.43. The second kappa shape index (κ2) is 7.38. The first-order valence-corrected chi connectivity index (χ1v) is 9.23. The Balaban J connectivity index is 1.48. The average Bonchev–Trinajstić information content (AvgIpc) is 3.23. The smallest absolute Gasteiger partial charge is 0.338 e. The topological polar surface area (TPSA) is 93.2 Å². The average molecular weight is 394 g/mol. The van der Waals surface area contributed by atoms with Crippen LogP contribution in [-0.2, 0) is 14.4 Å². The molecular weight excluding hydrogens is 376 g/mol. The number of ether oxygens (including phenoxy) is 1. The molecule has 1 atom stereocenters. The van der Waals surface area contributed by atoms with Gasteiger partial charge in [-0.2, -0.15) is 0 Å². The Morgan fingerprint density at radius 1 is 1.00 bits per heavy atom. The van der Waals surface area contributed by atoms with E-state index in [1.807, 2.05) is 6.92 Å². The quantitative estimate of drug-likeness (QED) is 0.722. The van der Waals surface area contributed by atoms with Crippen LogP contribution in [-0.4, -0.2) is 41.9 Å². The van der Waals surface area contributed by atoms with Crippen molar-refractivity contribution in [3.63, 3.8) is 0 Å². The van der Waals surface area contributed by atoms with Gasteiger partial charge in [-0.05, 0) is 31.2 Å². The summed E-state index contributed by atoms with van der Waals surface area (Å²) >= 11 is 0. The minimum Gasteiger partial charge on any atom is -0.492 e. The number of hydroxylamine groups is 2.